The van der Waals surface area contributed by atoms with Gasteiger partial charge >= 0.3 is 6.01 Å². The lowest BCUT2D eigenvalue weighted by Crippen LogP contribution is -2.06. The van der Waals surface area contributed by atoms with Gasteiger partial charge in [0.05, 0.1) is 0 Å². The Morgan fingerprint density at radius 3 is 2.62 bits per heavy atom. The fraction of sp³-hybridized carbons (Fsp3) is 0.0588. The van der Waals surface area contributed by atoms with Crippen molar-refractivity contribution in [2.75, 3.05) is 16.4 Å². The van der Waals surface area contributed by atoms with Crippen LogP contribution in [0.5, 0.6) is 11.8 Å². The first-order valence-electron chi connectivity index (χ1n) is 7.57. The summed E-state index contributed by atoms with van der Waals surface area (Å²) in [6.45, 7) is 1.41. The summed E-state index contributed by atoms with van der Waals surface area (Å²) < 4.78 is 18.8. The van der Waals surface area contributed by atoms with E-state index in [0.717, 1.165) is 0 Å². The van der Waals surface area contributed by atoms with Crippen LogP contribution in [0.25, 0.3) is 0 Å². The third-order valence-electron chi connectivity index (χ3n) is 3.08. The van der Waals surface area contributed by atoms with Crippen LogP contribution < -0.4 is 21.1 Å². The summed E-state index contributed by atoms with van der Waals surface area (Å²) in [7, 11) is 0. The zero-order valence-electron chi connectivity index (χ0n) is 13.7. The quantitative estimate of drug-likeness (QED) is 0.645. The highest BCUT2D eigenvalue weighted by Crippen LogP contribution is 2.23. The number of amides is 1. The van der Waals surface area contributed by atoms with Crippen molar-refractivity contribution in [1.29, 1.82) is 0 Å². The number of aromatic nitrogens is 3. The van der Waals surface area contributed by atoms with Crippen molar-refractivity contribution in [3.05, 3.63) is 54.3 Å². The molecule has 26 heavy (non-hydrogen) atoms. The summed E-state index contributed by atoms with van der Waals surface area (Å²) in [6.07, 6.45) is 0. The Morgan fingerprint density at radius 2 is 1.85 bits per heavy atom. The van der Waals surface area contributed by atoms with Gasteiger partial charge in [0.2, 0.25) is 17.8 Å². The number of nitrogens with zero attached hydrogens (tertiary/aromatic N) is 3. The van der Waals surface area contributed by atoms with Crippen LogP contribution in [-0.4, -0.2) is 20.9 Å². The average Bonchev–Trinajstić information content (AvgIpc) is 2.54. The van der Waals surface area contributed by atoms with Crippen molar-refractivity contribution in [2.45, 2.75) is 6.92 Å². The Kier molecular flexibility index (Phi) is 4.88. The minimum absolute atomic E-state index is 0.0450. The lowest BCUT2D eigenvalue weighted by Gasteiger charge is -2.09. The number of carbonyl (C=O) groups is 1. The van der Waals surface area contributed by atoms with E-state index in [1.54, 1.807) is 36.4 Å². The Hall–Kier alpha value is -3.75. The summed E-state index contributed by atoms with van der Waals surface area (Å²) >= 11 is 0. The van der Waals surface area contributed by atoms with Crippen LogP contribution in [0.3, 0.4) is 0 Å². The summed E-state index contributed by atoms with van der Waals surface area (Å²) in [5.74, 6) is -0.155. The number of halogens is 1. The first kappa shape index (κ1) is 17.1. The molecule has 1 aromatic heterocycles. The summed E-state index contributed by atoms with van der Waals surface area (Å²) in [5.41, 5.74) is 6.70. The molecule has 0 spiro atoms. The summed E-state index contributed by atoms with van der Waals surface area (Å²) in [5, 5.41) is 5.48. The zero-order valence-corrected chi connectivity index (χ0v) is 13.7. The van der Waals surface area contributed by atoms with Gasteiger partial charge in [-0.1, -0.05) is 12.1 Å². The first-order valence-corrected chi connectivity index (χ1v) is 7.57. The highest BCUT2D eigenvalue weighted by Gasteiger charge is 2.08. The third kappa shape index (κ3) is 4.63. The minimum atomic E-state index is -0.400. The van der Waals surface area contributed by atoms with E-state index >= 15 is 0 Å². The van der Waals surface area contributed by atoms with Gasteiger partial charge in [0, 0.05) is 24.4 Å². The van der Waals surface area contributed by atoms with Gasteiger partial charge in [0.15, 0.2) is 0 Å². The molecule has 4 N–H and O–H groups in total. The summed E-state index contributed by atoms with van der Waals surface area (Å²) in [6, 6.07) is 12.5. The molecule has 0 aliphatic rings. The van der Waals surface area contributed by atoms with Crippen molar-refractivity contribution in [2.24, 2.45) is 0 Å². The highest BCUT2D eigenvalue weighted by molar-refractivity contribution is 5.88. The number of nitrogens with two attached hydrogens (primary N) is 1. The lowest BCUT2D eigenvalue weighted by molar-refractivity contribution is -0.114. The molecule has 0 radical (unpaired) electrons. The standard InChI is InChI=1S/C17H15FN6O2/c1-10(25)20-13-6-3-7-14(9-13)26-17-23-15(19)22-16(24-17)21-12-5-2-4-11(18)8-12/h2-9H,1H3,(H,20,25)(H3,19,21,22,23,24). The topological polar surface area (TPSA) is 115 Å². The van der Waals surface area contributed by atoms with Crippen LogP contribution in [0.2, 0.25) is 0 Å². The van der Waals surface area contributed by atoms with Crippen molar-refractivity contribution >= 4 is 29.2 Å². The second-order valence-electron chi connectivity index (χ2n) is 5.25. The van der Waals surface area contributed by atoms with Crippen LogP contribution in [0.1, 0.15) is 6.92 Å². The van der Waals surface area contributed by atoms with Crippen molar-refractivity contribution < 1.29 is 13.9 Å². The molecule has 2 aromatic carbocycles. The number of nitrogen functional groups attached to an aromatic ring is 1. The molecule has 0 saturated heterocycles. The van der Waals surface area contributed by atoms with Crippen LogP contribution in [0.4, 0.5) is 27.7 Å². The Morgan fingerprint density at radius 1 is 1.08 bits per heavy atom. The molecule has 0 aliphatic heterocycles. The van der Waals surface area contributed by atoms with E-state index in [-0.39, 0.29) is 23.8 Å². The minimum Gasteiger partial charge on any atom is -0.424 e. The maximum Gasteiger partial charge on any atom is 0.328 e. The fourth-order valence-corrected chi connectivity index (χ4v) is 2.11. The Labute approximate surface area is 148 Å². The molecule has 132 valence electrons. The molecule has 0 saturated carbocycles. The fourth-order valence-electron chi connectivity index (χ4n) is 2.11. The van der Waals surface area contributed by atoms with Gasteiger partial charge < -0.3 is 21.1 Å². The molecular weight excluding hydrogens is 339 g/mol. The molecular formula is C17H15FN6O2. The second kappa shape index (κ2) is 7.43. The van der Waals surface area contributed by atoms with Crippen LogP contribution in [0, 0.1) is 5.82 Å². The van der Waals surface area contributed by atoms with E-state index in [1.807, 2.05) is 0 Å². The molecule has 1 amide bonds. The maximum atomic E-state index is 13.3. The molecule has 3 rings (SSSR count). The first-order chi connectivity index (χ1) is 12.5. The van der Waals surface area contributed by atoms with E-state index < -0.39 is 5.82 Å². The number of rotatable bonds is 5. The molecule has 3 aromatic rings. The molecule has 1 heterocycles. The van der Waals surface area contributed by atoms with Crippen molar-refractivity contribution in [3.63, 3.8) is 0 Å². The number of carbonyl (C=O) groups excluding carboxylic acids is 1. The predicted molar refractivity (Wildman–Crippen MR) is 94.7 cm³/mol. The lowest BCUT2D eigenvalue weighted by atomic mass is 10.3. The predicted octanol–water partition coefficient (Wildman–Crippen LogP) is 3.09. The molecule has 0 unspecified atom stereocenters. The van der Waals surface area contributed by atoms with E-state index in [1.165, 1.54) is 19.1 Å². The van der Waals surface area contributed by atoms with Gasteiger partial charge in [-0.15, -0.1) is 0 Å². The average molecular weight is 354 g/mol. The maximum absolute atomic E-state index is 13.3. The van der Waals surface area contributed by atoms with Gasteiger partial charge in [0.1, 0.15) is 11.6 Å². The molecule has 0 aliphatic carbocycles. The van der Waals surface area contributed by atoms with Crippen LogP contribution >= 0.6 is 0 Å². The number of nitrogens with one attached hydrogen (secondary N) is 2. The highest BCUT2D eigenvalue weighted by atomic mass is 19.1. The molecule has 8 nitrogen and oxygen atoms in total. The Balaban J connectivity index is 1.80. The SMILES string of the molecule is CC(=O)Nc1cccc(Oc2nc(N)nc(Nc3cccc(F)c3)n2)c1. The number of hydrogen-bond acceptors (Lipinski definition) is 7. The van der Waals surface area contributed by atoms with Crippen LogP contribution in [-0.2, 0) is 4.79 Å². The van der Waals surface area contributed by atoms with E-state index in [4.69, 9.17) is 10.5 Å². The van der Waals surface area contributed by atoms with Gasteiger partial charge in [-0.2, -0.15) is 15.0 Å². The molecule has 9 heteroatoms. The normalized spacial score (nSPS) is 10.2. The number of anilines is 4. The van der Waals surface area contributed by atoms with Gasteiger partial charge in [-0.05, 0) is 30.3 Å². The monoisotopic (exact) mass is 354 g/mol. The molecule has 0 fully saturated rings. The smallest absolute Gasteiger partial charge is 0.328 e. The zero-order chi connectivity index (χ0) is 18.5. The van der Waals surface area contributed by atoms with E-state index in [9.17, 15) is 9.18 Å². The van der Waals surface area contributed by atoms with Crippen molar-refractivity contribution in [3.8, 4) is 11.8 Å². The molecule has 0 atom stereocenters. The van der Waals surface area contributed by atoms with Gasteiger partial charge in [-0.25, -0.2) is 4.39 Å². The van der Waals surface area contributed by atoms with Gasteiger partial charge in [0.25, 0.3) is 0 Å². The number of benzene rings is 2. The second-order valence-corrected chi connectivity index (χ2v) is 5.25. The Bertz CT molecular complexity index is 950. The third-order valence-corrected chi connectivity index (χ3v) is 3.08. The largest absolute Gasteiger partial charge is 0.424 e. The van der Waals surface area contributed by atoms with Crippen LogP contribution in [0.15, 0.2) is 48.5 Å². The van der Waals surface area contributed by atoms with E-state index in [0.29, 0.717) is 17.1 Å². The molecule has 0 bridgehead atoms. The number of ether oxygens (including phenoxy) is 1. The van der Waals surface area contributed by atoms with Gasteiger partial charge in [-0.3, -0.25) is 4.79 Å². The number of hydrogen-bond donors (Lipinski definition) is 3. The van der Waals surface area contributed by atoms with Crippen molar-refractivity contribution in [1.82, 2.24) is 15.0 Å². The summed E-state index contributed by atoms with van der Waals surface area (Å²) in [4.78, 5) is 23.1. The van der Waals surface area contributed by atoms with E-state index in [2.05, 4.69) is 25.6 Å².